The van der Waals surface area contributed by atoms with Gasteiger partial charge in [0.05, 0.1) is 25.3 Å². The van der Waals surface area contributed by atoms with E-state index in [4.69, 9.17) is 14.6 Å². The summed E-state index contributed by atoms with van der Waals surface area (Å²) in [5, 5.41) is 18.2. The fourth-order valence-electron chi connectivity index (χ4n) is 1.93. The average Bonchev–Trinajstić information content (AvgIpc) is 2.73. The number of rotatable bonds is 5. The van der Waals surface area contributed by atoms with Crippen LogP contribution in [0.15, 0.2) is 12.1 Å². The summed E-state index contributed by atoms with van der Waals surface area (Å²) >= 11 is 0. The first kappa shape index (κ1) is 13.2. The van der Waals surface area contributed by atoms with Gasteiger partial charge in [-0.05, 0) is 0 Å². The number of ether oxygens (including phenoxy) is 2. The highest BCUT2D eigenvalue weighted by molar-refractivity contribution is 5.82. The maximum absolute atomic E-state index is 10.9. The number of fused-ring (bicyclic) bond motifs is 1. The number of imidazole rings is 1. The third-order valence-electron chi connectivity index (χ3n) is 2.77. The molecule has 1 heterocycles. The first-order valence-electron chi connectivity index (χ1n) is 5.54. The van der Waals surface area contributed by atoms with Gasteiger partial charge >= 0.3 is 5.97 Å². The van der Waals surface area contributed by atoms with Gasteiger partial charge in [0, 0.05) is 12.1 Å². The number of carboxylic acid groups (broad SMARTS) is 1. The smallest absolute Gasteiger partial charge is 0.323 e. The number of aromatic nitrogens is 2. The Balaban J connectivity index is 2.67. The van der Waals surface area contributed by atoms with Gasteiger partial charge in [-0.25, -0.2) is 4.98 Å². The molecule has 0 saturated heterocycles. The summed E-state index contributed by atoms with van der Waals surface area (Å²) in [6.07, 6.45) is 0. The van der Waals surface area contributed by atoms with Crippen LogP contribution in [0.25, 0.3) is 11.0 Å². The summed E-state index contributed by atoms with van der Waals surface area (Å²) in [7, 11) is 3.00. The molecule has 0 amide bonds. The summed E-state index contributed by atoms with van der Waals surface area (Å²) in [6.45, 7) is -0.617. The number of carbonyl (C=O) groups is 1. The molecule has 0 atom stereocenters. The summed E-state index contributed by atoms with van der Waals surface area (Å²) in [4.78, 5) is 15.1. The van der Waals surface area contributed by atoms with E-state index in [1.54, 1.807) is 12.1 Å². The molecule has 19 heavy (non-hydrogen) atoms. The Morgan fingerprint density at radius 3 is 2.47 bits per heavy atom. The number of benzene rings is 1. The minimum atomic E-state index is -1.01. The standard InChI is InChI=1S/C12H14N2O5/c1-18-9-3-7-8(4-10(9)19-2)14(5-12(16)17)11(6-15)13-7/h3-4,15H,5-6H2,1-2H3,(H,16,17). The zero-order valence-corrected chi connectivity index (χ0v) is 10.6. The first-order valence-corrected chi connectivity index (χ1v) is 5.54. The van der Waals surface area contributed by atoms with Gasteiger partial charge in [-0.3, -0.25) is 4.79 Å². The second kappa shape index (κ2) is 5.15. The molecule has 0 fully saturated rings. The second-order valence-electron chi connectivity index (χ2n) is 3.86. The van der Waals surface area contributed by atoms with Gasteiger partial charge in [-0.1, -0.05) is 0 Å². The average molecular weight is 266 g/mol. The van der Waals surface area contributed by atoms with Crippen molar-refractivity contribution in [2.24, 2.45) is 0 Å². The predicted molar refractivity (Wildman–Crippen MR) is 66.4 cm³/mol. The van der Waals surface area contributed by atoms with Crippen molar-refractivity contribution in [2.45, 2.75) is 13.2 Å². The summed E-state index contributed by atoms with van der Waals surface area (Å²) in [6, 6.07) is 3.29. The van der Waals surface area contributed by atoms with Crippen LogP contribution in [0, 0.1) is 0 Å². The topological polar surface area (TPSA) is 93.8 Å². The van der Waals surface area contributed by atoms with Crippen molar-refractivity contribution in [2.75, 3.05) is 14.2 Å². The van der Waals surface area contributed by atoms with Gasteiger partial charge in [0.2, 0.25) is 0 Å². The summed E-state index contributed by atoms with van der Waals surface area (Å²) in [5.74, 6) is 0.252. The summed E-state index contributed by atoms with van der Waals surface area (Å²) < 4.78 is 11.8. The Morgan fingerprint density at radius 1 is 1.32 bits per heavy atom. The van der Waals surface area contributed by atoms with E-state index in [9.17, 15) is 9.90 Å². The Labute approximate surface area is 109 Å². The fourth-order valence-corrected chi connectivity index (χ4v) is 1.93. The number of hydrogen-bond donors (Lipinski definition) is 2. The highest BCUT2D eigenvalue weighted by atomic mass is 16.5. The lowest BCUT2D eigenvalue weighted by atomic mass is 10.2. The van der Waals surface area contributed by atoms with Crippen LogP contribution in [0.1, 0.15) is 5.82 Å². The molecular formula is C12H14N2O5. The van der Waals surface area contributed by atoms with Crippen LogP contribution in [0.5, 0.6) is 11.5 Å². The van der Waals surface area contributed by atoms with E-state index in [2.05, 4.69) is 4.98 Å². The molecule has 102 valence electrons. The third kappa shape index (κ3) is 2.32. The van der Waals surface area contributed by atoms with Crippen LogP contribution in [0.3, 0.4) is 0 Å². The molecule has 0 unspecified atom stereocenters. The van der Waals surface area contributed by atoms with E-state index >= 15 is 0 Å². The number of nitrogens with zero attached hydrogens (tertiary/aromatic N) is 2. The highest BCUT2D eigenvalue weighted by Gasteiger charge is 2.16. The molecule has 0 spiro atoms. The van der Waals surface area contributed by atoms with Crippen molar-refractivity contribution >= 4 is 17.0 Å². The van der Waals surface area contributed by atoms with E-state index in [1.165, 1.54) is 18.8 Å². The molecule has 7 nitrogen and oxygen atoms in total. The van der Waals surface area contributed by atoms with Gasteiger partial charge < -0.3 is 24.3 Å². The molecule has 2 rings (SSSR count). The molecule has 0 radical (unpaired) electrons. The third-order valence-corrected chi connectivity index (χ3v) is 2.77. The van der Waals surface area contributed by atoms with Crippen LogP contribution < -0.4 is 9.47 Å². The molecule has 0 aliphatic rings. The van der Waals surface area contributed by atoms with Crippen LogP contribution in [-0.4, -0.2) is 40.0 Å². The zero-order valence-electron chi connectivity index (χ0n) is 10.6. The number of aliphatic hydroxyl groups excluding tert-OH is 1. The maximum Gasteiger partial charge on any atom is 0.323 e. The Morgan fingerprint density at radius 2 is 1.95 bits per heavy atom. The number of carboxylic acids is 1. The number of methoxy groups -OCH3 is 2. The molecule has 7 heteroatoms. The molecule has 1 aromatic heterocycles. The number of aliphatic carboxylic acids is 1. The van der Waals surface area contributed by atoms with Crippen LogP contribution in [0.2, 0.25) is 0 Å². The van der Waals surface area contributed by atoms with Gasteiger partial charge in [-0.2, -0.15) is 0 Å². The van der Waals surface area contributed by atoms with E-state index in [-0.39, 0.29) is 19.0 Å². The van der Waals surface area contributed by atoms with Crippen molar-refractivity contribution in [3.63, 3.8) is 0 Å². The molecule has 0 aliphatic heterocycles. The highest BCUT2D eigenvalue weighted by Crippen LogP contribution is 2.32. The molecule has 0 bridgehead atoms. The lowest BCUT2D eigenvalue weighted by Gasteiger charge is -2.08. The largest absolute Gasteiger partial charge is 0.493 e. The van der Waals surface area contributed by atoms with Crippen molar-refractivity contribution in [1.29, 1.82) is 0 Å². The SMILES string of the molecule is COc1cc2nc(CO)n(CC(=O)O)c2cc1OC. The van der Waals surface area contributed by atoms with Gasteiger partial charge in [0.25, 0.3) is 0 Å². The van der Waals surface area contributed by atoms with Crippen molar-refractivity contribution in [3.8, 4) is 11.5 Å². The molecule has 1 aromatic carbocycles. The monoisotopic (exact) mass is 266 g/mol. The van der Waals surface area contributed by atoms with Crippen LogP contribution in [-0.2, 0) is 17.9 Å². The predicted octanol–water partition coefficient (Wildman–Crippen LogP) is 0.630. The summed E-state index contributed by atoms with van der Waals surface area (Å²) in [5.41, 5.74) is 1.12. The van der Waals surface area contributed by atoms with Crippen LogP contribution >= 0.6 is 0 Å². The molecule has 0 saturated carbocycles. The fraction of sp³-hybridized carbons (Fsp3) is 0.333. The molecule has 0 aliphatic carbocycles. The zero-order chi connectivity index (χ0) is 14.0. The normalized spacial score (nSPS) is 10.7. The van der Waals surface area contributed by atoms with Crippen molar-refractivity contribution in [3.05, 3.63) is 18.0 Å². The van der Waals surface area contributed by atoms with E-state index in [1.807, 2.05) is 0 Å². The molecular weight excluding hydrogens is 252 g/mol. The minimum absolute atomic E-state index is 0.276. The number of aliphatic hydroxyl groups is 1. The van der Waals surface area contributed by atoms with E-state index < -0.39 is 5.97 Å². The Bertz CT molecular complexity index is 620. The van der Waals surface area contributed by atoms with E-state index in [0.717, 1.165) is 0 Å². The van der Waals surface area contributed by atoms with Crippen molar-refractivity contribution in [1.82, 2.24) is 9.55 Å². The number of hydrogen-bond acceptors (Lipinski definition) is 5. The Hall–Kier alpha value is -2.28. The quantitative estimate of drug-likeness (QED) is 0.824. The second-order valence-corrected chi connectivity index (χ2v) is 3.86. The molecule has 2 aromatic rings. The maximum atomic E-state index is 10.9. The lowest BCUT2D eigenvalue weighted by Crippen LogP contribution is -2.11. The van der Waals surface area contributed by atoms with E-state index in [0.29, 0.717) is 22.5 Å². The van der Waals surface area contributed by atoms with Crippen LogP contribution in [0.4, 0.5) is 0 Å². The van der Waals surface area contributed by atoms with Crippen molar-refractivity contribution < 1.29 is 24.5 Å². The minimum Gasteiger partial charge on any atom is -0.493 e. The van der Waals surface area contributed by atoms with Gasteiger partial charge in [0.15, 0.2) is 11.5 Å². The molecule has 2 N–H and O–H groups in total. The Kier molecular flexibility index (Phi) is 3.57. The first-order chi connectivity index (χ1) is 9.10. The lowest BCUT2D eigenvalue weighted by molar-refractivity contribution is -0.137. The van der Waals surface area contributed by atoms with Gasteiger partial charge in [-0.15, -0.1) is 0 Å². The van der Waals surface area contributed by atoms with Gasteiger partial charge in [0.1, 0.15) is 19.0 Å².